The number of rotatable bonds is 5. The van der Waals surface area contributed by atoms with Crippen LogP contribution < -0.4 is 11.1 Å². The Morgan fingerprint density at radius 1 is 1.40 bits per heavy atom. The summed E-state index contributed by atoms with van der Waals surface area (Å²) >= 11 is 3.35. The second-order valence-electron chi connectivity index (χ2n) is 4.14. The number of furan rings is 1. The molecule has 0 saturated carbocycles. The first-order chi connectivity index (χ1) is 9.61. The Kier molecular flexibility index (Phi) is 4.81. The normalized spacial score (nSPS) is 10.5. The van der Waals surface area contributed by atoms with Gasteiger partial charge < -0.3 is 20.2 Å². The van der Waals surface area contributed by atoms with Crippen LogP contribution in [0, 0.1) is 0 Å². The monoisotopic (exact) mass is 338 g/mol. The minimum Gasteiger partial charge on any atom is -0.451 e. The summed E-state index contributed by atoms with van der Waals surface area (Å²) in [6.45, 7) is 0.894. The van der Waals surface area contributed by atoms with Gasteiger partial charge in [-0.1, -0.05) is 15.9 Å². The number of halogens is 1. The van der Waals surface area contributed by atoms with E-state index in [0.29, 0.717) is 24.6 Å². The average molecular weight is 339 g/mol. The van der Waals surface area contributed by atoms with Gasteiger partial charge in [0.2, 0.25) is 0 Å². The van der Waals surface area contributed by atoms with Crippen molar-refractivity contribution in [3.8, 4) is 11.3 Å². The highest BCUT2D eigenvalue weighted by molar-refractivity contribution is 9.10. The van der Waals surface area contributed by atoms with Gasteiger partial charge in [0.15, 0.2) is 5.76 Å². The number of carbonyl (C=O) groups is 1. The maximum Gasteiger partial charge on any atom is 0.287 e. The Bertz CT molecular complexity index is 610. The SMILES string of the molecule is COCCNC(=O)c1ccc(-c2ccc(Br)cc2N)o1. The van der Waals surface area contributed by atoms with Gasteiger partial charge in [-0.05, 0) is 30.3 Å². The van der Waals surface area contributed by atoms with Crippen LogP contribution in [0.15, 0.2) is 39.2 Å². The van der Waals surface area contributed by atoms with Gasteiger partial charge in [-0.25, -0.2) is 0 Å². The van der Waals surface area contributed by atoms with Crippen LogP contribution in [0.5, 0.6) is 0 Å². The molecule has 1 amide bonds. The molecule has 0 aliphatic rings. The van der Waals surface area contributed by atoms with Gasteiger partial charge >= 0.3 is 0 Å². The number of nitrogens with two attached hydrogens (primary N) is 1. The van der Waals surface area contributed by atoms with Crippen molar-refractivity contribution in [2.24, 2.45) is 0 Å². The molecule has 106 valence electrons. The van der Waals surface area contributed by atoms with Crippen molar-refractivity contribution in [3.05, 3.63) is 40.6 Å². The third-order valence-corrected chi connectivity index (χ3v) is 3.19. The second-order valence-corrected chi connectivity index (χ2v) is 5.06. The quantitative estimate of drug-likeness (QED) is 0.649. The molecule has 6 heteroatoms. The minimum absolute atomic E-state index is 0.249. The van der Waals surface area contributed by atoms with Crippen LogP contribution in [0.4, 0.5) is 5.69 Å². The van der Waals surface area contributed by atoms with E-state index in [9.17, 15) is 4.79 Å². The summed E-state index contributed by atoms with van der Waals surface area (Å²) in [5, 5.41) is 2.69. The molecule has 3 N–H and O–H groups in total. The number of hydrogen-bond acceptors (Lipinski definition) is 4. The second kappa shape index (κ2) is 6.58. The summed E-state index contributed by atoms with van der Waals surface area (Å²) in [4.78, 5) is 11.8. The molecular formula is C14H15BrN2O3. The van der Waals surface area contributed by atoms with Crippen LogP contribution in [0.25, 0.3) is 11.3 Å². The van der Waals surface area contributed by atoms with E-state index in [1.807, 2.05) is 12.1 Å². The lowest BCUT2D eigenvalue weighted by Gasteiger charge is -2.04. The first kappa shape index (κ1) is 14.6. The Morgan fingerprint density at radius 2 is 2.20 bits per heavy atom. The molecule has 1 aromatic heterocycles. The summed E-state index contributed by atoms with van der Waals surface area (Å²) in [5.74, 6) is 0.536. The highest BCUT2D eigenvalue weighted by Gasteiger charge is 2.13. The molecule has 1 heterocycles. The van der Waals surface area contributed by atoms with Gasteiger partial charge in [-0.3, -0.25) is 4.79 Å². The first-order valence-electron chi connectivity index (χ1n) is 6.04. The van der Waals surface area contributed by atoms with E-state index < -0.39 is 0 Å². The molecule has 2 aromatic rings. The zero-order valence-corrected chi connectivity index (χ0v) is 12.6. The molecule has 0 saturated heterocycles. The number of anilines is 1. The fraction of sp³-hybridized carbons (Fsp3) is 0.214. The lowest BCUT2D eigenvalue weighted by molar-refractivity contribution is 0.0910. The Hall–Kier alpha value is -1.79. The number of carbonyl (C=O) groups excluding carboxylic acids is 1. The minimum atomic E-state index is -0.274. The van der Waals surface area contributed by atoms with Crippen molar-refractivity contribution in [2.75, 3.05) is 26.0 Å². The number of benzene rings is 1. The first-order valence-corrected chi connectivity index (χ1v) is 6.83. The number of nitrogens with one attached hydrogen (secondary N) is 1. The Morgan fingerprint density at radius 3 is 2.90 bits per heavy atom. The molecule has 0 spiro atoms. The fourth-order valence-corrected chi connectivity index (χ4v) is 2.10. The number of amides is 1. The van der Waals surface area contributed by atoms with Crippen LogP contribution in [0.1, 0.15) is 10.6 Å². The van der Waals surface area contributed by atoms with Crippen molar-refractivity contribution in [1.29, 1.82) is 0 Å². The number of hydrogen-bond donors (Lipinski definition) is 2. The highest BCUT2D eigenvalue weighted by Crippen LogP contribution is 2.29. The Balaban J connectivity index is 2.14. The molecule has 0 radical (unpaired) electrons. The van der Waals surface area contributed by atoms with E-state index in [4.69, 9.17) is 14.9 Å². The van der Waals surface area contributed by atoms with Crippen molar-refractivity contribution in [3.63, 3.8) is 0 Å². The number of ether oxygens (including phenoxy) is 1. The van der Waals surface area contributed by atoms with E-state index >= 15 is 0 Å². The third kappa shape index (κ3) is 3.40. The van der Waals surface area contributed by atoms with Gasteiger partial charge in [-0.15, -0.1) is 0 Å². The molecule has 20 heavy (non-hydrogen) atoms. The van der Waals surface area contributed by atoms with Crippen LogP contribution >= 0.6 is 15.9 Å². The van der Waals surface area contributed by atoms with Crippen molar-refractivity contribution in [2.45, 2.75) is 0 Å². The van der Waals surface area contributed by atoms with Crippen LogP contribution in [-0.4, -0.2) is 26.2 Å². The maximum absolute atomic E-state index is 11.8. The molecule has 0 aliphatic carbocycles. The average Bonchev–Trinajstić information content (AvgIpc) is 2.88. The Labute approximate surface area is 125 Å². The number of methoxy groups -OCH3 is 1. The lowest BCUT2D eigenvalue weighted by Crippen LogP contribution is -2.26. The molecular weight excluding hydrogens is 324 g/mol. The molecule has 0 aliphatic heterocycles. The lowest BCUT2D eigenvalue weighted by atomic mass is 10.1. The van der Waals surface area contributed by atoms with Crippen LogP contribution in [-0.2, 0) is 4.74 Å². The topological polar surface area (TPSA) is 77.5 Å². The molecule has 1 aromatic carbocycles. The zero-order valence-electron chi connectivity index (χ0n) is 11.0. The zero-order chi connectivity index (χ0) is 14.5. The molecule has 0 unspecified atom stereocenters. The molecule has 0 fully saturated rings. The fourth-order valence-electron chi connectivity index (χ4n) is 1.72. The predicted molar refractivity (Wildman–Crippen MR) is 80.5 cm³/mol. The molecule has 0 atom stereocenters. The van der Waals surface area contributed by atoms with E-state index in [-0.39, 0.29) is 11.7 Å². The summed E-state index contributed by atoms with van der Waals surface area (Å²) in [6, 6.07) is 8.84. The van der Waals surface area contributed by atoms with Gasteiger partial charge in [0.1, 0.15) is 5.76 Å². The standard InChI is InChI=1S/C14H15BrN2O3/c1-19-7-6-17-14(18)13-5-4-12(20-13)10-3-2-9(15)8-11(10)16/h2-5,8H,6-7,16H2,1H3,(H,17,18). The summed E-state index contributed by atoms with van der Waals surface area (Å²) in [5.41, 5.74) is 7.27. The van der Waals surface area contributed by atoms with E-state index in [1.54, 1.807) is 25.3 Å². The molecule has 2 rings (SSSR count). The number of nitrogen functional groups attached to an aromatic ring is 1. The van der Waals surface area contributed by atoms with Crippen LogP contribution in [0.2, 0.25) is 0 Å². The van der Waals surface area contributed by atoms with Crippen molar-refractivity contribution < 1.29 is 13.9 Å². The van der Waals surface area contributed by atoms with Gasteiger partial charge in [0, 0.05) is 29.4 Å². The van der Waals surface area contributed by atoms with Crippen molar-refractivity contribution in [1.82, 2.24) is 5.32 Å². The van der Waals surface area contributed by atoms with E-state index in [2.05, 4.69) is 21.2 Å². The highest BCUT2D eigenvalue weighted by atomic mass is 79.9. The summed E-state index contributed by atoms with van der Waals surface area (Å²) < 4.78 is 11.3. The van der Waals surface area contributed by atoms with E-state index in [1.165, 1.54) is 0 Å². The summed E-state index contributed by atoms with van der Waals surface area (Å²) in [6.07, 6.45) is 0. The smallest absolute Gasteiger partial charge is 0.287 e. The third-order valence-electron chi connectivity index (χ3n) is 2.70. The van der Waals surface area contributed by atoms with Gasteiger partial charge in [0.25, 0.3) is 5.91 Å². The van der Waals surface area contributed by atoms with Crippen molar-refractivity contribution >= 4 is 27.5 Å². The molecule has 5 nitrogen and oxygen atoms in total. The van der Waals surface area contributed by atoms with Gasteiger partial charge in [0.05, 0.1) is 6.61 Å². The molecule has 0 bridgehead atoms. The van der Waals surface area contributed by atoms with Crippen LogP contribution in [0.3, 0.4) is 0 Å². The summed E-state index contributed by atoms with van der Waals surface area (Å²) in [7, 11) is 1.58. The largest absolute Gasteiger partial charge is 0.451 e. The maximum atomic E-state index is 11.8. The van der Waals surface area contributed by atoms with Gasteiger partial charge in [-0.2, -0.15) is 0 Å². The van der Waals surface area contributed by atoms with E-state index in [0.717, 1.165) is 10.0 Å². The predicted octanol–water partition coefficient (Wildman–Crippen LogP) is 2.67.